The Bertz CT molecular complexity index is 712. The zero-order valence-corrected chi connectivity index (χ0v) is 17.2. The average Bonchev–Trinajstić information content (AvgIpc) is 2.66. The highest BCUT2D eigenvalue weighted by atomic mass is 32.2. The van der Waals surface area contributed by atoms with Crippen molar-refractivity contribution in [3.63, 3.8) is 0 Å². The van der Waals surface area contributed by atoms with Crippen LogP contribution in [-0.2, 0) is 15.6 Å². The van der Waals surface area contributed by atoms with E-state index in [4.69, 9.17) is 0 Å². The first-order valence-corrected chi connectivity index (χ1v) is 11.9. The van der Waals surface area contributed by atoms with Crippen molar-refractivity contribution in [3.05, 3.63) is 47.5 Å². The molecule has 0 saturated heterocycles. The molecule has 0 radical (unpaired) electrons. The minimum absolute atomic E-state index is 0.102. The quantitative estimate of drug-likeness (QED) is 0.277. The predicted molar refractivity (Wildman–Crippen MR) is 114 cm³/mol. The molecule has 0 spiro atoms. The predicted octanol–water partition coefficient (Wildman–Crippen LogP) is 3.44. The van der Waals surface area contributed by atoms with E-state index in [0.717, 1.165) is 31.0 Å². The average molecular weight is 392 g/mol. The Hall–Kier alpha value is -1.82. The Kier molecular flexibility index (Phi) is 9.39. The molecule has 0 unspecified atom stereocenters. The standard InChI is InChI=1S/C21H33N3O2S/c1-2-22-21(24-16-14-19-10-5-3-6-11-19)23-15-9-17-27(25,26)18-20-12-7-4-8-13-20/h4,7-8,10,12-13H,2-3,5-6,9,11,14-18H2,1H3,(H2,22,23,24). The number of aliphatic imine (C=N–C) groups is 1. The van der Waals surface area contributed by atoms with Crippen molar-refractivity contribution in [1.29, 1.82) is 0 Å². The van der Waals surface area contributed by atoms with Crippen molar-refractivity contribution in [2.45, 2.75) is 51.2 Å². The maximum Gasteiger partial charge on any atom is 0.191 e. The summed E-state index contributed by atoms with van der Waals surface area (Å²) in [6.07, 6.45) is 9.00. The van der Waals surface area contributed by atoms with Gasteiger partial charge in [-0.2, -0.15) is 0 Å². The lowest BCUT2D eigenvalue weighted by molar-refractivity contribution is 0.592. The van der Waals surface area contributed by atoms with Crippen LogP contribution in [0.2, 0.25) is 0 Å². The fourth-order valence-electron chi connectivity index (χ4n) is 3.19. The second kappa shape index (κ2) is 11.8. The van der Waals surface area contributed by atoms with Gasteiger partial charge in [0, 0.05) is 19.6 Å². The molecule has 2 rings (SSSR count). The number of hydrogen-bond acceptors (Lipinski definition) is 3. The van der Waals surface area contributed by atoms with Crippen LogP contribution in [-0.4, -0.2) is 39.8 Å². The summed E-state index contributed by atoms with van der Waals surface area (Å²) in [6, 6.07) is 9.33. The summed E-state index contributed by atoms with van der Waals surface area (Å²) in [6.45, 7) is 4.20. The topological polar surface area (TPSA) is 70.6 Å². The Morgan fingerprint density at radius 3 is 2.67 bits per heavy atom. The molecule has 2 N–H and O–H groups in total. The fourth-order valence-corrected chi connectivity index (χ4v) is 4.60. The molecule has 6 heteroatoms. The largest absolute Gasteiger partial charge is 0.357 e. The molecule has 1 aromatic rings. The van der Waals surface area contributed by atoms with Gasteiger partial charge in [0.2, 0.25) is 0 Å². The van der Waals surface area contributed by atoms with Gasteiger partial charge in [0.15, 0.2) is 15.8 Å². The first-order chi connectivity index (χ1) is 13.1. The number of sulfone groups is 1. The maximum absolute atomic E-state index is 12.2. The highest BCUT2D eigenvalue weighted by Gasteiger charge is 2.11. The molecule has 27 heavy (non-hydrogen) atoms. The molecule has 0 saturated carbocycles. The summed E-state index contributed by atoms with van der Waals surface area (Å²) in [7, 11) is -3.09. The molecule has 0 atom stereocenters. The van der Waals surface area contributed by atoms with Crippen molar-refractivity contribution in [2.75, 3.05) is 25.4 Å². The highest BCUT2D eigenvalue weighted by molar-refractivity contribution is 7.90. The Morgan fingerprint density at radius 1 is 1.15 bits per heavy atom. The minimum Gasteiger partial charge on any atom is -0.357 e. The lowest BCUT2D eigenvalue weighted by Gasteiger charge is -2.15. The van der Waals surface area contributed by atoms with Crippen LogP contribution >= 0.6 is 0 Å². The number of allylic oxidation sites excluding steroid dienone is 1. The number of hydrogen-bond donors (Lipinski definition) is 2. The van der Waals surface area contributed by atoms with Crippen molar-refractivity contribution in [1.82, 2.24) is 10.6 Å². The van der Waals surface area contributed by atoms with Crippen LogP contribution < -0.4 is 10.6 Å². The van der Waals surface area contributed by atoms with Crippen LogP contribution in [0.4, 0.5) is 0 Å². The summed E-state index contributed by atoms with van der Waals surface area (Å²) in [5.41, 5.74) is 2.38. The third-order valence-electron chi connectivity index (χ3n) is 4.58. The van der Waals surface area contributed by atoms with E-state index in [0.29, 0.717) is 13.0 Å². The Morgan fingerprint density at radius 2 is 1.96 bits per heavy atom. The van der Waals surface area contributed by atoms with Gasteiger partial charge in [-0.25, -0.2) is 8.42 Å². The maximum atomic E-state index is 12.2. The number of nitrogens with zero attached hydrogens (tertiary/aromatic N) is 1. The Balaban J connectivity index is 1.72. The van der Waals surface area contributed by atoms with Gasteiger partial charge >= 0.3 is 0 Å². The minimum atomic E-state index is -3.09. The van der Waals surface area contributed by atoms with E-state index in [1.54, 1.807) is 0 Å². The highest BCUT2D eigenvalue weighted by Crippen LogP contribution is 2.19. The van der Waals surface area contributed by atoms with E-state index in [-0.39, 0.29) is 11.5 Å². The summed E-state index contributed by atoms with van der Waals surface area (Å²) in [4.78, 5) is 4.52. The van der Waals surface area contributed by atoms with Crippen molar-refractivity contribution in [3.8, 4) is 0 Å². The van der Waals surface area contributed by atoms with Gasteiger partial charge in [-0.15, -0.1) is 0 Å². The monoisotopic (exact) mass is 391 g/mol. The fraction of sp³-hybridized carbons (Fsp3) is 0.571. The van der Waals surface area contributed by atoms with Gasteiger partial charge in [0.1, 0.15) is 0 Å². The van der Waals surface area contributed by atoms with E-state index in [2.05, 4.69) is 21.7 Å². The molecule has 0 aromatic heterocycles. The van der Waals surface area contributed by atoms with Gasteiger partial charge < -0.3 is 10.6 Å². The van der Waals surface area contributed by atoms with Gasteiger partial charge in [0.25, 0.3) is 0 Å². The third-order valence-corrected chi connectivity index (χ3v) is 6.26. The summed E-state index contributed by atoms with van der Waals surface area (Å²) >= 11 is 0. The summed E-state index contributed by atoms with van der Waals surface area (Å²) in [5, 5.41) is 6.58. The molecule has 0 amide bonds. The molecule has 0 bridgehead atoms. The third kappa shape index (κ3) is 9.09. The zero-order chi connectivity index (χ0) is 19.4. The van der Waals surface area contributed by atoms with Crippen LogP contribution in [0, 0.1) is 0 Å². The first kappa shape index (κ1) is 21.5. The van der Waals surface area contributed by atoms with Crippen LogP contribution in [0.3, 0.4) is 0 Å². The molecule has 1 aliphatic carbocycles. The number of benzene rings is 1. The normalized spacial score (nSPS) is 15.3. The number of rotatable bonds is 10. The molecule has 1 aromatic carbocycles. The molecule has 0 heterocycles. The molecule has 5 nitrogen and oxygen atoms in total. The van der Waals surface area contributed by atoms with E-state index in [1.807, 2.05) is 37.3 Å². The first-order valence-electron chi connectivity index (χ1n) is 10.0. The second-order valence-electron chi connectivity index (χ2n) is 6.98. The molecular formula is C21H33N3O2S. The van der Waals surface area contributed by atoms with Crippen LogP contribution in [0.25, 0.3) is 0 Å². The number of guanidine groups is 1. The van der Waals surface area contributed by atoms with E-state index < -0.39 is 9.84 Å². The molecule has 1 aliphatic rings. The van der Waals surface area contributed by atoms with Crippen LogP contribution in [0.1, 0.15) is 51.0 Å². The second-order valence-corrected chi connectivity index (χ2v) is 9.16. The van der Waals surface area contributed by atoms with E-state index in [9.17, 15) is 8.42 Å². The van der Waals surface area contributed by atoms with Crippen molar-refractivity contribution < 1.29 is 8.42 Å². The lowest BCUT2D eigenvalue weighted by Crippen LogP contribution is -2.38. The molecule has 0 aliphatic heterocycles. The van der Waals surface area contributed by atoms with E-state index in [1.165, 1.54) is 31.3 Å². The van der Waals surface area contributed by atoms with Crippen LogP contribution in [0.15, 0.2) is 47.0 Å². The van der Waals surface area contributed by atoms with Gasteiger partial charge in [-0.3, -0.25) is 4.99 Å². The number of nitrogens with one attached hydrogen (secondary N) is 2. The van der Waals surface area contributed by atoms with Crippen molar-refractivity contribution in [2.24, 2.45) is 4.99 Å². The Labute approximate surface area is 164 Å². The SMILES string of the molecule is CCNC(=NCCCS(=O)(=O)Cc1ccccc1)NCCC1=CCCCC1. The zero-order valence-electron chi connectivity index (χ0n) is 16.4. The van der Waals surface area contributed by atoms with E-state index >= 15 is 0 Å². The smallest absolute Gasteiger partial charge is 0.191 e. The van der Waals surface area contributed by atoms with Gasteiger partial charge in [-0.05, 0) is 51.0 Å². The van der Waals surface area contributed by atoms with Gasteiger partial charge in [-0.1, -0.05) is 42.0 Å². The summed E-state index contributed by atoms with van der Waals surface area (Å²) in [5.74, 6) is 1.04. The lowest BCUT2D eigenvalue weighted by atomic mass is 9.97. The summed E-state index contributed by atoms with van der Waals surface area (Å²) < 4.78 is 24.5. The molecule has 150 valence electrons. The van der Waals surface area contributed by atoms with Gasteiger partial charge in [0.05, 0.1) is 11.5 Å². The van der Waals surface area contributed by atoms with Crippen LogP contribution in [0.5, 0.6) is 0 Å². The molecular weight excluding hydrogens is 358 g/mol. The van der Waals surface area contributed by atoms with Crippen molar-refractivity contribution >= 4 is 15.8 Å². The molecule has 0 fully saturated rings.